The Labute approximate surface area is 178 Å². The minimum Gasteiger partial charge on any atom is -0.355 e. The SMILES string of the molecule is O=S(=O)(c1ccc2c(c1)CCCC2)N1CCN(c2ccc(N3CCCC3)nn2)CC1. The van der Waals surface area contributed by atoms with Crippen LogP contribution in [0.25, 0.3) is 0 Å². The van der Waals surface area contributed by atoms with Gasteiger partial charge in [-0.3, -0.25) is 0 Å². The lowest BCUT2D eigenvalue weighted by Gasteiger charge is -2.34. The van der Waals surface area contributed by atoms with Gasteiger partial charge in [-0.25, -0.2) is 8.42 Å². The number of nitrogens with zero attached hydrogens (tertiary/aromatic N) is 5. The van der Waals surface area contributed by atoms with E-state index in [0.717, 1.165) is 44.0 Å². The summed E-state index contributed by atoms with van der Waals surface area (Å²) in [4.78, 5) is 4.82. The third kappa shape index (κ3) is 3.78. The highest BCUT2D eigenvalue weighted by molar-refractivity contribution is 7.89. The van der Waals surface area contributed by atoms with Crippen molar-refractivity contribution in [1.82, 2.24) is 14.5 Å². The molecule has 0 atom stereocenters. The van der Waals surface area contributed by atoms with Crippen molar-refractivity contribution in [2.75, 3.05) is 49.1 Å². The van der Waals surface area contributed by atoms with Gasteiger partial charge in [-0.1, -0.05) is 6.07 Å². The fourth-order valence-electron chi connectivity index (χ4n) is 4.78. The molecule has 0 unspecified atom stereocenters. The van der Waals surface area contributed by atoms with E-state index in [1.807, 2.05) is 24.3 Å². The van der Waals surface area contributed by atoms with Crippen LogP contribution in [0.5, 0.6) is 0 Å². The first-order valence-electron chi connectivity index (χ1n) is 11.1. The summed E-state index contributed by atoms with van der Waals surface area (Å²) in [6.07, 6.45) is 6.81. The van der Waals surface area contributed by atoms with Crippen molar-refractivity contribution < 1.29 is 8.42 Å². The molecule has 0 N–H and O–H groups in total. The molecule has 2 fully saturated rings. The average molecular weight is 428 g/mol. The van der Waals surface area contributed by atoms with E-state index in [4.69, 9.17) is 0 Å². The molecule has 160 valence electrons. The molecular weight excluding hydrogens is 398 g/mol. The number of sulfonamides is 1. The Morgan fingerprint density at radius 3 is 1.90 bits per heavy atom. The Hall–Kier alpha value is -2.19. The Balaban J connectivity index is 1.25. The standard InChI is InChI=1S/C22H29N5O2S/c28-30(29,20-8-7-18-5-1-2-6-19(18)17-20)27-15-13-26(14-16-27)22-10-9-21(23-24-22)25-11-3-4-12-25/h7-10,17H,1-6,11-16H2. The van der Waals surface area contributed by atoms with Gasteiger partial charge in [-0.2, -0.15) is 4.31 Å². The first-order valence-corrected chi connectivity index (χ1v) is 12.5. The smallest absolute Gasteiger partial charge is 0.243 e. The average Bonchev–Trinajstić information content (AvgIpc) is 3.34. The summed E-state index contributed by atoms with van der Waals surface area (Å²) in [6, 6.07) is 9.74. The molecule has 5 rings (SSSR count). The van der Waals surface area contributed by atoms with Crippen LogP contribution in [-0.2, 0) is 22.9 Å². The Bertz CT molecular complexity index is 995. The number of fused-ring (bicyclic) bond motifs is 1. The third-order valence-corrected chi connectivity index (χ3v) is 8.48. The topological polar surface area (TPSA) is 69.6 Å². The number of hydrogen-bond acceptors (Lipinski definition) is 6. The van der Waals surface area contributed by atoms with Gasteiger partial charge in [0.15, 0.2) is 11.6 Å². The van der Waals surface area contributed by atoms with Gasteiger partial charge < -0.3 is 9.80 Å². The van der Waals surface area contributed by atoms with Gasteiger partial charge in [0.25, 0.3) is 0 Å². The fourth-order valence-corrected chi connectivity index (χ4v) is 6.25. The zero-order chi connectivity index (χ0) is 20.6. The van der Waals surface area contributed by atoms with Gasteiger partial charge in [0.2, 0.25) is 10.0 Å². The van der Waals surface area contributed by atoms with Crippen LogP contribution in [0.4, 0.5) is 11.6 Å². The number of aromatic nitrogens is 2. The lowest BCUT2D eigenvalue weighted by Crippen LogP contribution is -2.49. The molecule has 8 heteroatoms. The molecule has 0 saturated carbocycles. The number of benzene rings is 1. The molecule has 0 spiro atoms. The molecule has 3 aliphatic rings. The number of anilines is 2. The van der Waals surface area contributed by atoms with Crippen LogP contribution in [0.2, 0.25) is 0 Å². The first kappa shape index (κ1) is 19.8. The quantitative estimate of drug-likeness (QED) is 0.747. The predicted molar refractivity (Wildman–Crippen MR) is 118 cm³/mol. The van der Waals surface area contributed by atoms with Crippen LogP contribution in [0.3, 0.4) is 0 Å². The van der Waals surface area contributed by atoms with E-state index in [1.54, 1.807) is 10.4 Å². The van der Waals surface area contributed by atoms with Crippen LogP contribution in [0, 0.1) is 0 Å². The van der Waals surface area contributed by atoms with Crippen LogP contribution < -0.4 is 9.80 Å². The molecule has 2 aromatic rings. The van der Waals surface area contributed by atoms with Crippen LogP contribution >= 0.6 is 0 Å². The van der Waals surface area contributed by atoms with Crippen LogP contribution in [-0.4, -0.2) is 62.2 Å². The van der Waals surface area contributed by atoms with Gasteiger partial charge in [0.1, 0.15) is 0 Å². The molecule has 0 radical (unpaired) electrons. The summed E-state index contributed by atoms with van der Waals surface area (Å²) < 4.78 is 28.0. The molecule has 2 aliphatic heterocycles. The molecule has 0 amide bonds. The second-order valence-corrected chi connectivity index (χ2v) is 10.4. The highest BCUT2D eigenvalue weighted by Gasteiger charge is 2.30. The molecule has 0 bridgehead atoms. The van der Waals surface area contributed by atoms with E-state index in [0.29, 0.717) is 31.1 Å². The minimum atomic E-state index is -3.45. The van der Waals surface area contributed by atoms with Crippen molar-refractivity contribution in [3.8, 4) is 0 Å². The number of rotatable bonds is 4. The summed E-state index contributed by atoms with van der Waals surface area (Å²) in [5.74, 6) is 1.76. The van der Waals surface area contributed by atoms with E-state index < -0.39 is 10.0 Å². The van der Waals surface area contributed by atoms with Crippen molar-refractivity contribution in [1.29, 1.82) is 0 Å². The predicted octanol–water partition coefficient (Wildman–Crippen LogP) is 2.47. The molecule has 1 aliphatic carbocycles. The number of piperazine rings is 1. The van der Waals surface area contributed by atoms with Crippen LogP contribution in [0.1, 0.15) is 36.8 Å². The van der Waals surface area contributed by atoms with Gasteiger partial charge in [0.05, 0.1) is 4.90 Å². The van der Waals surface area contributed by atoms with Crippen molar-refractivity contribution in [2.24, 2.45) is 0 Å². The maximum absolute atomic E-state index is 13.2. The summed E-state index contributed by atoms with van der Waals surface area (Å²) >= 11 is 0. The molecule has 1 aromatic carbocycles. The van der Waals surface area contributed by atoms with Gasteiger partial charge in [-0.05, 0) is 73.9 Å². The summed E-state index contributed by atoms with van der Waals surface area (Å²) in [5, 5.41) is 8.80. The van der Waals surface area contributed by atoms with E-state index >= 15 is 0 Å². The highest BCUT2D eigenvalue weighted by atomic mass is 32.2. The normalized spacial score (nSPS) is 20.4. The fraction of sp³-hybridized carbons (Fsp3) is 0.545. The molecule has 2 saturated heterocycles. The van der Waals surface area contributed by atoms with E-state index in [-0.39, 0.29) is 0 Å². The van der Waals surface area contributed by atoms with Gasteiger partial charge in [0, 0.05) is 39.3 Å². The second-order valence-electron chi connectivity index (χ2n) is 8.47. The second kappa shape index (κ2) is 8.15. The lowest BCUT2D eigenvalue weighted by molar-refractivity contribution is 0.383. The molecule has 30 heavy (non-hydrogen) atoms. The van der Waals surface area contributed by atoms with Crippen molar-refractivity contribution in [3.63, 3.8) is 0 Å². The highest BCUT2D eigenvalue weighted by Crippen LogP contribution is 2.27. The van der Waals surface area contributed by atoms with Crippen molar-refractivity contribution in [2.45, 2.75) is 43.4 Å². The Kier molecular flexibility index (Phi) is 5.37. The van der Waals surface area contributed by atoms with Crippen molar-refractivity contribution >= 4 is 21.7 Å². The Morgan fingerprint density at radius 1 is 0.667 bits per heavy atom. The zero-order valence-electron chi connectivity index (χ0n) is 17.3. The van der Waals surface area contributed by atoms with Gasteiger partial charge in [-0.15, -0.1) is 10.2 Å². The number of hydrogen-bond donors (Lipinski definition) is 0. The summed E-state index contributed by atoms with van der Waals surface area (Å²) in [7, 11) is -3.45. The number of aryl methyl sites for hydroxylation is 2. The van der Waals surface area contributed by atoms with E-state index in [1.165, 1.54) is 30.4 Å². The molecule has 3 heterocycles. The first-order chi connectivity index (χ1) is 14.6. The summed E-state index contributed by atoms with van der Waals surface area (Å²) in [5.41, 5.74) is 2.51. The molecule has 1 aromatic heterocycles. The Morgan fingerprint density at radius 2 is 1.27 bits per heavy atom. The van der Waals surface area contributed by atoms with Gasteiger partial charge >= 0.3 is 0 Å². The summed E-state index contributed by atoms with van der Waals surface area (Å²) in [6.45, 7) is 4.29. The van der Waals surface area contributed by atoms with Crippen LogP contribution in [0.15, 0.2) is 35.2 Å². The minimum absolute atomic E-state index is 0.436. The maximum atomic E-state index is 13.2. The third-order valence-electron chi connectivity index (χ3n) is 6.59. The lowest BCUT2D eigenvalue weighted by atomic mass is 9.92. The largest absolute Gasteiger partial charge is 0.355 e. The zero-order valence-corrected chi connectivity index (χ0v) is 18.1. The van der Waals surface area contributed by atoms with Crippen molar-refractivity contribution in [3.05, 3.63) is 41.5 Å². The van der Waals surface area contributed by atoms with E-state index in [2.05, 4.69) is 20.0 Å². The molecular formula is C22H29N5O2S. The maximum Gasteiger partial charge on any atom is 0.243 e. The van der Waals surface area contributed by atoms with E-state index in [9.17, 15) is 8.42 Å². The monoisotopic (exact) mass is 427 g/mol. The molecule has 7 nitrogen and oxygen atoms in total.